The van der Waals surface area contributed by atoms with Crippen molar-refractivity contribution in [2.45, 2.75) is 6.61 Å². The predicted molar refractivity (Wildman–Crippen MR) is 125 cm³/mol. The van der Waals surface area contributed by atoms with Gasteiger partial charge in [0.25, 0.3) is 11.6 Å². The summed E-state index contributed by atoms with van der Waals surface area (Å²) in [5, 5.41) is 23.5. The Balaban J connectivity index is 1.83. The number of amides is 1. The van der Waals surface area contributed by atoms with Crippen molar-refractivity contribution in [2.75, 3.05) is 5.32 Å². The maximum atomic E-state index is 12.6. The lowest BCUT2D eigenvalue weighted by molar-refractivity contribution is -0.384. The van der Waals surface area contributed by atoms with Crippen LogP contribution in [0.25, 0.3) is 6.08 Å². The third-order valence-electron chi connectivity index (χ3n) is 4.23. The fraction of sp³-hybridized carbons (Fsp3) is 0.0435. The van der Waals surface area contributed by atoms with Gasteiger partial charge in [-0.15, -0.1) is 0 Å². The van der Waals surface area contributed by atoms with Crippen LogP contribution in [-0.2, 0) is 11.4 Å². The lowest BCUT2D eigenvalue weighted by Crippen LogP contribution is -2.13. The molecular weight excluding hydrogens is 498 g/mol. The number of hydrogen-bond acceptors (Lipinski definition) is 5. The number of carbonyl (C=O) groups is 1. The van der Waals surface area contributed by atoms with Crippen LogP contribution in [0.3, 0.4) is 0 Å². The molecule has 0 heterocycles. The van der Waals surface area contributed by atoms with Crippen LogP contribution < -0.4 is 10.1 Å². The van der Waals surface area contributed by atoms with E-state index in [1.165, 1.54) is 30.3 Å². The van der Waals surface area contributed by atoms with Crippen LogP contribution in [0.4, 0.5) is 11.4 Å². The number of nitrogens with one attached hydrogen (secondary N) is 1. The molecule has 7 nitrogen and oxygen atoms in total. The summed E-state index contributed by atoms with van der Waals surface area (Å²) in [4.78, 5) is 23.0. The number of halogens is 2. The van der Waals surface area contributed by atoms with E-state index in [0.717, 1.165) is 10.0 Å². The molecule has 3 aromatic carbocycles. The maximum Gasteiger partial charge on any atom is 0.271 e. The van der Waals surface area contributed by atoms with E-state index in [9.17, 15) is 20.2 Å². The molecule has 0 spiro atoms. The molecule has 0 fully saturated rings. The Hall–Kier alpha value is -3.67. The van der Waals surface area contributed by atoms with Gasteiger partial charge in [-0.05, 0) is 48.0 Å². The van der Waals surface area contributed by atoms with E-state index in [4.69, 9.17) is 16.3 Å². The van der Waals surface area contributed by atoms with Crippen LogP contribution in [0.5, 0.6) is 5.75 Å². The van der Waals surface area contributed by atoms with Crippen molar-refractivity contribution < 1.29 is 14.5 Å². The minimum Gasteiger partial charge on any atom is -0.488 e. The molecule has 9 heteroatoms. The number of carbonyl (C=O) groups excluding carboxylic acids is 1. The van der Waals surface area contributed by atoms with Gasteiger partial charge in [-0.25, -0.2) is 0 Å². The van der Waals surface area contributed by atoms with Crippen molar-refractivity contribution in [1.29, 1.82) is 5.26 Å². The molecule has 0 bridgehead atoms. The summed E-state index contributed by atoms with van der Waals surface area (Å²) in [6.45, 7) is 0.241. The number of nitriles is 1. The molecule has 0 aromatic heterocycles. The van der Waals surface area contributed by atoms with Gasteiger partial charge >= 0.3 is 0 Å². The quantitative estimate of drug-likeness (QED) is 0.177. The second-order valence-corrected chi connectivity index (χ2v) is 7.88. The van der Waals surface area contributed by atoms with Gasteiger partial charge in [-0.3, -0.25) is 14.9 Å². The SMILES string of the molecule is N#C/C(=C\c1cc(Br)ccc1OCc1cccc(Cl)c1)C(=O)Nc1cccc([N+](=O)[O-])c1. The normalized spacial score (nSPS) is 10.8. The number of benzene rings is 3. The van der Waals surface area contributed by atoms with Gasteiger partial charge in [0.2, 0.25) is 0 Å². The van der Waals surface area contributed by atoms with E-state index in [2.05, 4.69) is 21.2 Å². The summed E-state index contributed by atoms with van der Waals surface area (Å²) in [6.07, 6.45) is 1.39. The number of ether oxygens (including phenoxy) is 1. The molecule has 0 saturated heterocycles. The van der Waals surface area contributed by atoms with Gasteiger partial charge in [0.1, 0.15) is 24.0 Å². The summed E-state index contributed by atoms with van der Waals surface area (Å²) in [5.41, 5.74) is 1.21. The first-order chi connectivity index (χ1) is 15.4. The van der Waals surface area contributed by atoms with Gasteiger partial charge in [0.15, 0.2) is 0 Å². The summed E-state index contributed by atoms with van der Waals surface area (Å²) in [6, 6.07) is 19.8. The first kappa shape index (κ1) is 23.0. The molecule has 0 atom stereocenters. The van der Waals surface area contributed by atoms with Gasteiger partial charge in [0, 0.05) is 32.9 Å². The van der Waals surface area contributed by atoms with Crippen molar-refractivity contribution in [2.24, 2.45) is 0 Å². The van der Waals surface area contributed by atoms with Crippen molar-refractivity contribution >= 4 is 50.9 Å². The van der Waals surface area contributed by atoms with E-state index in [1.807, 2.05) is 18.2 Å². The number of hydrogen-bond donors (Lipinski definition) is 1. The zero-order valence-corrected chi connectivity index (χ0v) is 18.8. The Bertz CT molecular complexity index is 1250. The highest BCUT2D eigenvalue weighted by Gasteiger charge is 2.14. The largest absolute Gasteiger partial charge is 0.488 e. The fourth-order valence-corrected chi connectivity index (χ4v) is 3.34. The fourth-order valence-electron chi connectivity index (χ4n) is 2.75. The Morgan fingerprint density at radius 2 is 1.97 bits per heavy atom. The predicted octanol–water partition coefficient (Wildman–Crippen LogP) is 6.14. The first-order valence-corrected chi connectivity index (χ1v) is 10.4. The average Bonchev–Trinajstić information content (AvgIpc) is 2.77. The Morgan fingerprint density at radius 1 is 1.19 bits per heavy atom. The Labute approximate surface area is 197 Å². The maximum absolute atomic E-state index is 12.6. The highest BCUT2D eigenvalue weighted by Crippen LogP contribution is 2.27. The number of nitro benzene ring substituents is 1. The van der Waals surface area contributed by atoms with Crippen LogP contribution in [-0.4, -0.2) is 10.8 Å². The molecule has 1 N–H and O–H groups in total. The highest BCUT2D eigenvalue weighted by atomic mass is 79.9. The third-order valence-corrected chi connectivity index (χ3v) is 4.96. The molecule has 0 aliphatic carbocycles. The van der Waals surface area contributed by atoms with Crippen molar-refractivity contribution in [1.82, 2.24) is 0 Å². The van der Waals surface area contributed by atoms with Gasteiger partial charge in [-0.1, -0.05) is 45.7 Å². The number of rotatable bonds is 7. The van der Waals surface area contributed by atoms with Gasteiger partial charge in [-0.2, -0.15) is 5.26 Å². The summed E-state index contributed by atoms with van der Waals surface area (Å²) < 4.78 is 6.61. The van der Waals surface area contributed by atoms with Crippen molar-refractivity contribution in [3.8, 4) is 11.8 Å². The average molecular weight is 513 g/mol. The Kier molecular flexibility index (Phi) is 7.60. The van der Waals surface area contributed by atoms with E-state index in [-0.39, 0.29) is 23.6 Å². The second-order valence-electron chi connectivity index (χ2n) is 6.53. The second kappa shape index (κ2) is 10.6. The molecule has 0 aliphatic rings. The van der Waals surface area contributed by atoms with E-state index < -0.39 is 10.8 Å². The molecule has 3 aromatic rings. The first-order valence-electron chi connectivity index (χ1n) is 9.20. The number of non-ortho nitro benzene ring substituents is 1. The van der Waals surface area contributed by atoms with Crippen molar-refractivity contribution in [3.05, 3.63) is 103 Å². The van der Waals surface area contributed by atoms with Crippen molar-refractivity contribution in [3.63, 3.8) is 0 Å². The number of nitro groups is 1. The zero-order valence-electron chi connectivity index (χ0n) is 16.4. The molecule has 3 rings (SSSR count). The lowest BCUT2D eigenvalue weighted by Gasteiger charge is -2.11. The standard InChI is InChI=1S/C23H15BrClN3O4/c24-18-7-8-22(32-14-15-3-1-4-19(25)9-15)16(11-18)10-17(13-26)23(29)27-20-5-2-6-21(12-20)28(30)31/h1-12H,14H2,(H,27,29)/b17-10+. The van der Waals surface area contributed by atoms with E-state index >= 15 is 0 Å². The minimum atomic E-state index is -0.700. The van der Waals surface area contributed by atoms with E-state index in [1.54, 1.807) is 30.3 Å². The lowest BCUT2D eigenvalue weighted by atomic mass is 10.1. The molecule has 1 amide bonds. The van der Waals surface area contributed by atoms with Gasteiger partial charge in [0.05, 0.1) is 4.92 Å². The topological polar surface area (TPSA) is 105 Å². The minimum absolute atomic E-state index is 0.172. The molecule has 0 saturated carbocycles. The third kappa shape index (κ3) is 6.17. The zero-order chi connectivity index (χ0) is 23.1. The summed E-state index contributed by atoms with van der Waals surface area (Å²) in [5.74, 6) is -0.238. The molecule has 0 aliphatic heterocycles. The van der Waals surface area contributed by atoms with Crippen LogP contribution in [0.1, 0.15) is 11.1 Å². The summed E-state index contributed by atoms with van der Waals surface area (Å²) >= 11 is 9.38. The number of nitrogens with zero attached hydrogens (tertiary/aromatic N) is 2. The Morgan fingerprint density at radius 3 is 2.69 bits per heavy atom. The van der Waals surface area contributed by atoms with Crippen LogP contribution in [0.15, 0.2) is 76.8 Å². The molecule has 32 heavy (non-hydrogen) atoms. The van der Waals surface area contributed by atoms with Crippen LogP contribution in [0.2, 0.25) is 5.02 Å². The molecule has 0 unspecified atom stereocenters. The monoisotopic (exact) mass is 511 g/mol. The molecule has 160 valence electrons. The van der Waals surface area contributed by atoms with Crippen LogP contribution in [0, 0.1) is 21.4 Å². The molecule has 0 radical (unpaired) electrons. The van der Waals surface area contributed by atoms with Gasteiger partial charge < -0.3 is 10.1 Å². The highest BCUT2D eigenvalue weighted by molar-refractivity contribution is 9.10. The number of anilines is 1. The van der Waals surface area contributed by atoms with Crippen LogP contribution >= 0.6 is 27.5 Å². The van der Waals surface area contributed by atoms with E-state index in [0.29, 0.717) is 16.3 Å². The smallest absolute Gasteiger partial charge is 0.271 e. The summed E-state index contributed by atoms with van der Waals surface area (Å²) in [7, 11) is 0. The molecular formula is C23H15BrClN3O4.